The number of ether oxygens (including phenoxy) is 1. The van der Waals surface area contributed by atoms with E-state index in [1.54, 1.807) is 36.4 Å². The molecule has 0 aromatic heterocycles. The van der Waals surface area contributed by atoms with Crippen molar-refractivity contribution in [1.82, 2.24) is 0 Å². The second-order valence-corrected chi connectivity index (χ2v) is 3.99. The van der Waals surface area contributed by atoms with Crippen LogP contribution in [0.1, 0.15) is 5.56 Å². The standard InChI is InChI=1S/C14H12N2O4/c17-14(15-12-4-2-1-3-5-12)20-10-11-6-8-13(9-7-11)16(18)19/h1-9H,10H2,(H,15,17). The van der Waals surface area contributed by atoms with Crippen molar-refractivity contribution in [2.75, 3.05) is 5.32 Å². The van der Waals surface area contributed by atoms with Crippen LogP contribution in [-0.2, 0) is 11.3 Å². The Balaban J connectivity index is 1.85. The number of nitro groups is 1. The summed E-state index contributed by atoms with van der Waals surface area (Å²) in [5.41, 5.74) is 1.32. The highest BCUT2D eigenvalue weighted by Crippen LogP contribution is 2.13. The van der Waals surface area contributed by atoms with Crippen LogP contribution in [0.25, 0.3) is 0 Å². The Hall–Kier alpha value is -2.89. The number of para-hydroxylation sites is 1. The summed E-state index contributed by atoms with van der Waals surface area (Å²) in [4.78, 5) is 21.5. The molecule has 0 atom stereocenters. The number of benzene rings is 2. The van der Waals surface area contributed by atoms with Gasteiger partial charge in [-0.05, 0) is 29.8 Å². The third-order valence-electron chi connectivity index (χ3n) is 2.54. The number of nitrogens with zero attached hydrogens (tertiary/aromatic N) is 1. The van der Waals surface area contributed by atoms with Crippen LogP contribution in [-0.4, -0.2) is 11.0 Å². The van der Waals surface area contributed by atoms with Gasteiger partial charge in [-0.1, -0.05) is 18.2 Å². The molecule has 1 amide bonds. The van der Waals surface area contributed by atoms with Gasteiger partial charge in [0.05, 0.1) is 4.92 Å². The van der Waals surface area contributed by atoms with E-state index in [1.165, 1.54) is 12.1 Å². The van der Waals surface area contributed by atoms with E-state index < -0.39 is 11.0 Å². The highest BCUT2D eigenvalue weighted by molar-refractivity contribution is 5.84. The first-order valence-electron chi connectivity index (χ1n) is 5.87. The van der Waals surface area contributed by atoms with Gasteiger partial charge in [-0.2, -0.15) is 0 Å². The van der Waals surface area contributed by atoms with Crippen LogP contribution in [0.3, 0.4) is 0 Å². The molecule has 20 heavy (non-hydrogen) atoms. The largest absolute Gasteiger partial charge is 0.444 e. The summed E-state index contributed by atoms with van der Waals surface area (Å²) in [6, 6.07) is 14.8. The number of hydrogen-bond donors (Lipinski definition) is 1. The first kappa shape index (κ1) is 13.5. The molecule has 0 spiro atoms. The zero-order chi connectivity index (χ0) is 14.4. The quantitative estimate of drug-likeness (QED) is 0.683. The monoisotopic (exact) mass is 272 g/mol. The highest BCUT2D eigenvalue weighted by Gasteiger charge is 2.06. The van der Waals surface area contributed by atoms with Crippen LogP contribution < -0.4 is 5.32 Å². The van der Waals surface area contributed by atoms with Gasteiger partial charge in [0.25, 0.3) is 5.69 Å². The molecule has 0 aliphatic heterocycles. The fourth-order valence-corrected chi connectivity index (χ4v) is 1.54. The summed E-state index contributed by atoms with van der Waals surface area (Å²) in [6.45, 7) is 0.0522. The number of nitro benzene ring substituents is 1. The molecule has 6 heteroatoms. The molecule has 0 bridgehead atoms. The maximum atomic E-state index is 11.5. The number of hydrogen-bond acceptors (Lipinski definition) is 4. The number of rotatable bonds is 4. The first-order chi connectivity index (χ1) is 9.65. The lowest BCUT2D eigenvalue weighted by molar-refractivity contribution is -0.384. The van der Waals surface area contributed by atoms with Gasteiger partial charge < -0.3 is 4.74 Å². The Bertz CT molecular complexity index is 596. The molecule has 2 aromatic carbocycles. The van der Waals surface area contributed by atoms with Crippen molar-refractivity contribution >= 4 is 17.5 Å². The van der Waals surface area contributed by atoms with Crippen LogP contribution in [0.5, 0.6) is 0 Å². The number of anilines is 1. The lowest BCUT2D eigenvalue weighted by Crippen LogP contribution is -2.13. The Morgan fingerprint density at radius 1 is 1.10 bits per heavy atom. The van der Waals surface area contributed by atoms with E-state index in [0.717, 1.165) is 0 Å². The van der Waals surface area contributed by atoms with Crippen LogP contribution in [0.2, 0.25) is 0 Å². The number of nitrogens with one attached hydrogen (secondary N) is 1. The smallest absolute Gasteiger partial charge is 0.411 e. The number of carbonyl (C=O) groups excluding carboxylic acids is 1. The zero-order valence-electron chi connectivity index (χ0n) is 10.5. The number of carbonyl (C=O) groups is 1. The van der Waals surface area contributed by atoms with Crippen molar-refractivity contribution in [2.45, 2.75) is 6.61 Å². The molecule has 0 heterocycles. The van der Waals surface area contributed by atoms with Gasteiger partial charge in [0, 0.05) is 17.8 Å². The van der Waals surface area contributed by atoms with E-state index in [2.05, 4.69) is 5.32 Å². The molecule has 0 fully saturated rings. The molecule has 0 saturated carbocycles. The minimum atomic E-state index is -0.574. The minimum Gasteiger partial charge on any atom is -0.444 e. The summed E-state index contributed by atoms with van der Waals surface area (Å²) < 4.78 is 5.01. The van der Waals surface area contributed by atoms with Crippen molar-refractivity contribution in [3.8, 4) is 0 Å². The fourth-order valence-electron chi connectivity index (χ4n) is 1.54. The molecule has 0 unspecified atom stereocenters. The Labute approximate surface area is 115 Å². The Kier molecular flexibility index (Phi) is 4.28. The zero-order valence-corrected chi connectivity index (χ0v) is 10.5. The summed E-state index contributed by atoms with van der Waals surface area (Å²) in [5, 5.41) is 13.1. The topological polar surface area (TPSA) is 81.5 Å². The average Bonchev–Trinajstić information content (AvgIpc) is 2.46. The number of amides is 1. The molecule has 2 aromatic rings. The molecule has 0 aliphatic carbocycles. The van der Waals surface area contributed by atoms with E-state index in [9.17, 15) is 14.9 Å². The molecule has 6 nitrogen and oxygen atoms in total. The molecule has 0 saturated heterocycles. The maximum absolute atomic E-state index is 11.5. The summed E-state index contributed by atoms with van der Waals surface area (Å²) >= 11 is 0. The van der Waals surface area contributed by atoms with E-state index in [-0.39, 0.29) is 12.3 Å². The van der Waals surface area contributed by atoms with E-state index in [1.807, 2.05) is 6.07 Å². The molecule has 0 aliphatic rings. The van der Waals surface area contributed by atoms with Gasteiger partial charge in [-0.3, -0.25) is 15.4 Å². The van der Waals surface area contributed by atoms with Gasteiger partial charge in [-0.15, -0.1) is 0 Å². The van der Waals surface area contributed by atoms with Crippen molar-refractivity contribution in [3.05, 3.63) is 70.3 Å². The van der Waals surface area contributed by atoms with Gasteiger partial charge >= 0.3 is 6.09 Å². The van der Waals surface area contributed by atoms with Crippen molar-refractivity contribution < 1.29 is 14.5 Å². The SMILES string of the molecule is O=C(Nc1ccccc1)OCc1ccc([N+](=O)[O-])cc1. The maximum Gasteiger partial charge on any atom is 0.411 e. The Morgan fingerprint density at radius 3 is 2.35 bits per heavy atom. The summed E-state index contributed by atoms with van der Waals surface area (Å²) in [5.74, 6) is 0. The fraction of sp³-hybridized carbons (Fsp3) is 0.0714. The second kappa shape index (κ2) is 6.33. The summed E-state index contributed by atoms with van der Waals surface area (Å²) in [6.07, 6.45) is -0.574. The molecular formula is C14H12N2O4. The predicted octanol–water partition coefficient (Wildman–Crippen LogP) is 3.34. The normalized spacial score (nSPS) is 9.80. The second-order valence-electron chi connectivity index (χ2n) is 3.99. The van der Waals surface area contributed by atoms with Crippen LogP contribution in [0.4, 0.5) is 16.2 Å². The molecule has 102 valence electrons. The van der Waals surface area contributed by atoms with Crippen LogP contribution >= 0.6 is 0 Å². The minimum absolute atomic E-state index is 0.00230. The first-order valence-corrected chi connectivity index (χ1v) is 5.87. The molecule has 2 rings (SSSR count). The van der Waals surface area contributed by atoms with Gasteiger partial charge in [-0.25, -0.2) is 4.79 Å². The van der Waals surface area contributed by atoms with Crippen molar-refractivity contribution in [2.24, 2.45) is 0 Å². The molecule has 1 N–H and O–H groups in total. The van der Waals surface area contributed by atoms with Crippen molar-refractivity contribution in [1.29, 1.82) is 0 Å². The number of non-ortho nitro benzene ring substituents is 1. The van der Waals surface area contributed by atoms with Gasteiger partial charge in [0.2, 0.25) is 0 Å². The highest BCUT2D eigenvalue weighted by atomic mass is 16.6. The molecular weight excluding hydrogens is 260 g/mol. The van der Waals surface area contributed by atoms with E-state index in [4.69, 9.17) is 4.74 Å². The van der Waals surface area contributed by atoms with Gasteiger partial charge in [0.15, 0.2) is 0 Å². The van der Waals surface area contributed by atoms with Gasteiger partial charge in [0.1, 0.15) is 6.61 Å². The summed E-state index contributed by atoms with van der Waals surface area (Å²) in [7, 11) is 0. The van der Waals surface area contributed by atoms with Crippen molar-refractivity contribution in [3.63, 3.8) is 0 Å². The lowest BCUT2D eigenvalue weighted by atomic mass is 10.2. The Morgan fingerprint density at radius 2 is 1.75 bits per heavy atom. The lowest BCUT2D eigenvalue weighted by Gasteiger charge is -2.06. The van der Waals surface area contributed by atoms with E-state index in [0.29, 0.717) is 11.3 Å². The third-order valence-corrected chi connectivity index (χ3v) is 2.54. The molecule has 0 radical (unpaired) electrons. The van der Waals surface area contributed by atoms with E-state index >= 15 is 0 Å². The van der Waals surface area contributed by atoms with Crippen LogP contribution in [0, 0.1) is 10.1 Å². The average molecular weight is 272 g/mol. The third kappa shape index (κ3) is 3.81. The predicted molar refractivity (Wildman–Crippen MR) is 73.3 cm³/mol. The van der Waals surface area contributed by atoms with Crippen LogP contribution in [0.15, 0.2) is 54.6 Å².